The molecule has 0 bridgehead atoms. The first-order chi connectivity index (χ1) is 12.8. The van der Waals surface area contributed by atoms with Gasteiger partial charge in [-0.15, -0.1) is 0 Å². The Bertz CT molecular complexity index is 738. The number of benzene rings is 1. The number of cyclic esters (lactones) is 1. The number of halogens is 3. The molecule has 3 fully saturated rings. The highest BCUT2D eigenvalue weighted by Gasteiger charge is 2.64. The monoisotopic (exact) mass is 382 g/mol. The lowest BCUT2D eigenvalue weighted by Crippen LogP contribution is -2.48. The molecule has 1 atom stereocenters. The number of hydrogen-bond donors (Lipinski definition) is 1. The van der Waals surface area contributed by atoms with Crippen LogP contribution in [0.2, 0.25) is 0 Å². The van der Waals surface area contributed by atoms with E-state index in [-0.39, 0.29) is 30.7 Å². The van der Waals surface area contributed by atoms with Gasteiger partial charge in [0.05, 0.1) is 11.5 Å². The van der Waals surface area contributed by atoms with Gasteiger partial charge in [-0.25, -0.2) is 4.79 Å². The second-order valence-electron chi connectivity index (χ2n) is 7.68. The van der Waals surface area contributed by atoms with Crippen LogP contribution < -0.4 is 5.32 Å². The maximum absolute atomic E-state index is 13.2. The molecule has 1 aliphatic carbocycles. The fraction of sp³-hybridized carbons (Fsp3) is 0.579. The van der Waals surface area contributed by atoms with E-state index in [0.717, 1.165) is 5.56 Å². The van der Waals surface area contributed by atoms with Crippen LogP contribution in [0.15, 0.2) is 24.3 Å². The number of rotatable bonds is 5. The Morgan fingerprint density at radius 2 is 1.89 bits per heavy atom. The summed E-state index contributed by atoms with van der Waals surface area (Å²) >= 11 is 0. The van der Waals surface area contributed by atoms with Crippen LogP contribution in [-0.2, 0) is 14.9 Å². The highest BCUT2D eigenvalue weighted by molar-refractivity contribution is 5.77. The zero-order valence-electron chi connectivity index (χ0n) is 14.7. The van der Waals surface area contributed by atoms with Crippen LogP contribution in [0.5, 0.6) is 0 Å². The van der Waals surface area contributed by atoms with Gasteiger partial charge in [0.25, 0.3) is 0 Å². The van der Waals surface area contributed by atoms with Crippen molar-refractivity contribution in [1.29, 1.82) is 0 Å². The van der Waals surface area contributed by atoms with Gasteiger partial charge in [0.15, 0.2) is 0 Å². The van der Waals surface area contributed by atoms with Gasteiger partial charge in [-0.1, -0.05) is 24.3 Å². The van der Waals surface area contributed by atoms with Gasteiger partial charge in [0, 0.05) is 25.4 Å². The van der Waals surface area contributed by atoms with Crippen molar-refractivity contribution in [2.45, 2.75) is 49.2 Å². The van der Waals surface area contributed by atoms with Crippen molar-refractivity contribution in [3.63, 3.8) is 0 Å². The van der Waals surface area contributed by atoms with Crippen molar-refractivity contribution in [3.8, 4) is 0 Å². The quantitative estimate of drug-likeness (QED) is 0.852. The molecule has 2 saturated heterocycles. The first-order valence-electron chi connectivity index (χ1n) is 9.17. The number of carbonyl (C=O) groups is 2. The number of alkyl halides is 3. The lowest BCUT2D eigenvalue weighted by molar-refractivity contribution is -0.160. The molecule has 8 heteroatoms. The van der Waals surface area contributed by atoms with E-state index in [1.807, 2.05) is 0 Å². The van der Waals surface area contributed by atoms with E-state index < -0.39 is 17.7 Å². The normalized spacial score (nSPS) is 24.2. The maximum atomic E-state index is 13.2. The van der Waals surface area contributed by atoms with E-state index in [1.54, 1.807) is 29.2 Å². The molecule has 1 aromatic rings. The number of hydrogen-bond acceptors (Lipinski definition) is 3. The Morgan fingerprint density at radius 3 is 2.41 bits per heavy atom. The van der Waals surface area contributed by atoms with Crippen LogP contribution in [0.4, 0.5) is 18.0 Å². The molecule has 1 unspecified atom stereocenters. The molecular weight excluding hydrogens is 361 g/mol. The third-order valence-corrected chi connectivity index (χ3v) is 5.91. The molecule has 0 spiro atoms. The van der Waals surface area contributed by atoms with Crippen molar-refractivity contribution in [2.75, 3.05) is 19.7 Å². The zero-order chi connectivity index (χ0) is 19.2. The number of ether oxygens (including phenoxy) is 1. The van der Waals surface area contributed by atoms with Crippen molar-refractivity contribution < 1.29 is 27.5 Å². The molecule has 3 aliphatic rings. The minimum absolute atomic E-state index is 0.0259. The van der Waals surface area contributed by atoms with Gasteiger partial charge in [0.2, 0.25) is 5.91 Å². The number of likely N-dealkylation sites (tertiary alicyclic amines) is 1. The van der Waals surface area contributed by atoms with Crippen LogP contribution >= 0.6 is 0 Å². The second-order valence-corrected chi connectivity index (χ2v) is 7.68. The topological polar surface area (TPSA) is 58.6 Å². The Balaban J connectivity index is 1.27. The molecule has 1 saturated carbocycles. The summed E-state index contributed by atoms with van der Waals surface area (Å²) in [5.41, 5.74) is -0.337. The molecule has 0 radical (unpaired) electrons. The summed E-state index contributed by atoms with van der Waals surface area (Å²) in [4.78, 5) is 24.9. The van der Waals surface area contributed by atoms with Gasteiger partial charge in [0.1, 0.15) is 6.61 Å². The highest BCUT2D eigenvalue weighted by Crippen LogP contribution is 2.58. The molecule has 0 aromatic heterocycles. The van der Waals surface area contributed by atoms with Crippen molar-refractivity contribution >= 4 is 12.0 Å². The Morgan fingerprint density at radius 1 is 1.22 bits per heavy atom. The van der Waals surface area contributed by atoms with E-state index in [4.69, 9.17) is 4.74 Å². The predicted octanol–water partition coefficient (Wildman–Crippen LogP) is 3.09. The predicted molar refractivity (Wildman–Crippen MR) is 90.2 cm³/mol. The van der Waals surface area contributed by atoms with Crippen molar-refractivity contribution in [3.05, 3.63) is 35.4 Å². The molecule has 1 N–H and O–H groups in total. The van der Waals surface area contributed by atoms with Crippen LogP contribution in [0.3, 0.4) is 0 Å². The molecule has 2 amide bonds. The Labute approximate surface area is 154 Å². The van der Waals surface area contributed by atoms with E-state index in [2.05, 4.69) is 5.32 Å². The molecule has 1 aromatic carbocycles. The summed E-state index contributed by atoms with van der Waals surface area (Å²) in [6.45, 7) is 1.45. The third kappa shape index (κ3) is 3.37. The van der Waals surface area contributed by atoms with Gasteiger partial charge < -0.3 is 15.0 Å². The summed E-state index contributed by atoms with van der Waals surface area (Å²) in [7, 11) is 0. The fourth-order valence-electron chi connectivity index (χ4n) is 3.87. The van der Waals surface area contributed by atoms with Crippen LogP contribution in [0.25, 0.3) is 0 Å². The van der Waals surface area contributed by atoms with Gasteiger partial charge >= 0.3 is 12.3 Å². The molecule has 2 aliphatic heterocycles. The molecular formula is C19H21F3N2O3. The van der Waals surface area contributed by atoms with Crippen molar-refractivity contribution in [2.24, 2.45) is 0 Å². The average Bonchev–Trinajstić information content (AvgIpc) is 3.30. The summed E-state index contributed by atoms with van der Waals surface area (Å²) in [6.07, 6.45) is -3.44. The smallest absolute Gasteiger partial charge is 0.407 e. The zero-order valence-corrected chi connectivity index (χ0v) is 14.7. The molecule has 27 heavy (non-hydrogen) atoms. The first-order valence-corrected chi connectivity index (χ1v) is 9.17. The Hall–Kier alpha value is -2.25. The molecule has 5 nitrogen and oxygen atoms in total. The second kappa shape index (κ2) is 6.42. The van der Waals surface area contributed by atoms with E-state index >= 15 is 0 Å². The summed E-state index contributed by atoms with van der Waals surface area (Å²) in [6, 6.07) is 6.58. The van der Waals surface area contributed by atoms with Gasteiger partial charge in [-0.3, -0.25) is 4.79 Å². The summed E-state index contributed by atoms with van der Waals surface area (Å²) < 4.78 is 44.4. The minimum Gasteiger partial charge on any atom is -0.447 e. The molecule has 146 valence electrons. The lowest BCUT2D eigenvalue weighted by atomic mass is 9.88. The molecule has 4 rings (SSSR count). The van der Waals surface area contributed by atoms with E-state index in [9.17, 15) is 22.8 Å². The number of nitrogens with one attached hydrogen (secondary N) is 1. The van der Waals surface area contributed by atoms with Crippen LogP contribution in [-0.4, -0.2) is 48.8 Å². The lowest BCUT2D eigenvalue weighted by Gasteiger charge is -2.40. The number of carbonyl (C=O) groups excluding carboxylic acids is 2. The summed E-state index contributed by atoms with van der Waals surface area (Å²) in [5.74, 6) is 0.191. The van der Waals surface area contributed by atoms with Gasteiger partial charge in [-0.2, -0.15) is 13.2 Å². The maximum Gasteiger partial charge on any atom is 0.407 e. The SMILES string of the molecule is O=C1NC(CCC(=O)N2CC(c3ccc(C4(C(F)(F)F)CC4)cc3)C2)CO1. The highest BCUT2D eigenvalue weighted by atomic mass is 19.4. The Kier molecular flexibility index (Phi) is 4.31. The molecule has 2 heterocycles. The van der Waals surface area contributed by atoms with Crippen LogP contribution in [0.1, 0.15) is 42.7 Å². The fourth-order valence-corrected chi connectivity index (χ4v) is 3.87. The van der Waals surface area contributed by atoms with Crippen molar-refractivity contribution in [1.82, 2.24) is 10.2 Å². The third-order valence-electron chi connectivity index (χ3n) is 5.91. The van der Waals surface area contributed by atoms with Gasteiger partial charge in [-0.05, 0) is 30.4 Å². The largest absolute Gasteiger partial charge is 0.447 e. The van der Waals surface area contributed by atoms with E-state index in [0.29, 0.717) is 38.1 Å². The first kappa shape index (κ1) is 18.1. The summed E-state index contributed by atoms with van der Waals surface area (Å²) in [5, 5.41) is 2.64. The number of amides is 2. The standard InChI is InChI=1S/C19H21F3N2O3/c20-19(21,22)18(7-8-18)14-3-1-12(2-4-14)13-9-24(10-13)16(25)6-5-15-11-27-17(26)23-15/h1-4,13,15H,5-11H2,(H,23,26). The average molecular weight is 382 g/mol. The van der Waals surface area contributed by atoms with Crippen LogP contribution in [0, 0.1) is 0 Å². The number of nitrogens with zero attached hydrogens (tertiary/aromatic N) is 1. The number of alkyl carbamates (subject to hydrolysis) is 1. The minimum atomic E-state index is -4.20. The van der Waals surface area contributed by atoms with E-state index in [1.165, 1.54) is 0 Å².